The van der Waals surface area contributed by atoms with Crippen LogP contribution in [0.15, 0.2) is 0 Å². The molecule has 0 aliphatic heterocycles. The molecule has 0 unspecified atom stereocenters. The average Bonchev–Trinajstić information content (AvgIpc) is 2.93. The first-order valence-corrected chi connectivity index (χ1v) is 5.85. The van der Waals surface area contributed by atoms with E-state index in [0.717, 1.165) is 5.92 Å². The lowest BCUT2D eigenvalue weighted by Crippen LogP contribution is -2.23. The van der Waals surface area contributed by atoms with Crippen molar-refractivity contribution in [3.63, 3.8) is 0 Å². The minimum Gasteiger partial charge on any atom is -0.317 e. The Hall–Kier alpha value is -0.0800. The van der Waals surface area contributed by atoms with Crippen molar-refractivity contribution >= 4 is 0 Å². The van der Waals surface area contributed by atoms with Gasteiger partial charge in [0, 0.05) is 0 Å². The first-order valence-electron chi connectivity index (χ1n) is 5.85. The summed E-state index contributed by atoms with van der Waals surface area (Å²) in [6.07, 6.45) is 6.89. The van der Waals surface area contributed by atoms with E-state index >= 15 is 0 Å². The van der Waals surface area contributed by atoms with Gasteiger partial charge in [-0.25, -0.2) is 0 Å². The normalized spacial score (nSPS) is 16.4. The summed E-state index contributed by atoms with van der Waals surface area (Å²) >= 11 is 0. The summed E-state index contributed by atoms with van der Waals surface area (Å²) in [5.41, 5.74) is 0. The maximum Gasteiger partial charge on any atom is -0.00368 e. The van der Waals surface area contributed by atoms with Crippen LogP contribution in [0.2, 0.25) is 0 Å². The summed E-state index contributed by atoms with van der Waals surface area (Å²) in [5.74, 6) is 1.07. The minimum absolute atomic E-state index is 1.07. The Balaban J connectivity index is 1.63. The van der Waals surface area contributed by atoms with Crippen LogP contribution >= 0.6 is 0 Å². The first kappa shape index (κ1) is 11.0. The van der Waals surface area contributed by atoms with E-state index in [9.17, 15) is 0 Å². The summed E-state index contributed by atoms with van der Waals surface area (Å²) < 4.78 is 0. The Morgan fingerprint density at radius 2 is 1.69 bits per heavy atom. The van der Waals surface area contributed by atoms with Gasteiger partial charge in [-0.15, -0.1) is 0 Å². The Labute approximate surface area is 82.5 Å². The quantitative estimate of drug-likeness (QED) is 0.534. The molecule has 13 heavy (non-hydrogen) atoms. The fraction of sp³-hybridized carbons (Fsp3) is 1.00. The zero-order chi connectivity index (χ0) is 9.36. The highest BCUT2D eigenvalue weighted by molar-refractivity contribution is 4.73. The summed E-state index contributed by atoms with van der Waals surface area (Å²) in [7, 11) is 0. The molecule has 0 amide bonds. The SMILES string of the molecule is CCCNCCCNCCC1CC1. The van der Waals surface area contributed by atoms with Gasteiger partial charge >= 0.3 is 0 Å². The van der Waals surface area contributed by atoms with Crippen molar-refractivity contribution in [3.8, 4) is 0 Å². The van der Waals surface area contributed by atoms with Crippen molar-refractivity contribution in [2.24, 2.45) is 5.92 Å². The number of hydrogen-bond acceptors (Lipinski definition) is 2. The van der Waals surface area contributed by atoms with Gasteiger partial charge in [-0.3, -0.25) is 0 Å². The molecule has 0 aromatic heterocycles. The molecular formula is C11H24N2. The zero-order valence-corrected chi connectivity index (χ0v) is 8.94. The highest BCUT2D eigenvalue weighted by Gasteiger charge is 2.19. The van der Waals surface area contributed by atoms with Crippen LogP contribution < -0.4 is 10.6 Å². The summed E-state index contributed by atoms with van der Waals surface area (Å²) in [6, 6.07) is 0. The van der Waals surface area contributed by atoms with Crippen molar-refractivity contribution in [1.29, 1.82) is 0 Å². The Bertz CT molecular complexity index is 111. The number of hydrogen-bond donors (Lipinski definition) is 2. The molecular weight excluding hydrogens is 160 g/mol. The zero-order valence-electron chi connectivity index (χ0n) is 8.94. The topological polar surface area (TPSA) is 24.1 Å². The smallest absolute Gasteiger partial charge is 0.00368 e. The molecule has 0 saturated heterocycles. The molecule has 0 aromatic carbocycles. The Kier molecular flexibility index (Phi) is 6.21. The summed E-state index contributed by atoms with van der Waals surface area (Å²) in [6.45, 7) is 6.97. The molecule has 1 aliphatic carbocycles. The van der Waals surface area contributed by atoms with Gasteiger partial charge in [0.2, 0.25) is 0 Å². The lowest BCUT2D eigenvalue weighted by atomic mass is 10.3. The monoisotopic (exact) mass is 184 g/mol. The number of rotatable bonds is 9. The van der Waals surface area contributed by atoms with E-state index in [4.69, 9.17) is 0 Å². The van der Waals surface area contributed by atoms with Gasteiger partial charge < -0.3 is 10.6 Å². The van der Waals surface area contributed by atoms with Gasteiger partial charge in [-0.1, -0.05) is 19.8 Å². The minimum atomic E-state index is 1.07. The fourth-order valence-electron chi connectivity index (χ4n) is 1.48. The van der Waals surface area contributed by atoms with Crippen LogP contribution in [0.1, 0.15) is 39.0 Å². The largest absolute Gasteiger partial charge is 0.317 e. The summed E-state index contributed by atoms with van der Waals surface area (Å²) in [4.78, 5) is 0. The Morgan fingerprint density at radius 1 is 1.00 bits per heavy atom. The van der Waals surface area contributed by atoms with Gasteiger partial charge in [0.05, 0.1) is 0 Å². The maximum absolute atomic E-state index is 3.49. The van der Waals surface area contributed by atoms with Crippen LogP contribution in [0.5, 0.6) is 0 Å². The molecule has 2 heteroatoms. The predicted octanol–water partition coefficient (Wildman–Crippen LogP) is 1.77. The molecule has 0 spiro atoms. The van der Waals surface area contributed by atoms with E-state index < -0.39 is 0 Å². The number of nitrogens with one attached hydrogen (secondary N) is 2. The van der Waals surface area contributed by atoms with Crippen LogP contribution in [0.3, 0.4) is 0 Å². The highest BCUT2D eigenvalue weighted by Crippen LogP contribution is 2.31. The third-order valence-electron chi connectivity index (χ3n) is 2.56. The molecule has 0 radical (unpaired) electrons. The van der Waals surface area contributed by atoms with Gasteiger partial charge in [0.1, 0.15) is 0 Å². The predicted molar refractivity (Wildman–Crippen MR) is 58.0 cm³/mol. The van der Waals surface area contributed by atoms with E-state index in [-0.39, 0.29) is 0 Å². The van der Waals surface area contributed by atoms with Crippen LogP contribution in [-0.2, 0) is 0 Å². The van der Waals surface area contributed by atoms with Crippen molar-refractivity contribution in [1.82, 2.24) is 10.6 Å². The first-order chi connectivity index (χ1) is 6.43. The van der Waals surface area contributed by atoms with Crippen molar-refractivity contribution < 1.29 is 0 Å². The van der Waals surface area contributed by atoms with E-state index in [1.807, 2.05) is 0 Å². The highest BCUT2D eigenvalue weighted by atomic mass is 14.9. The van der Waals surface area contributed by atoms with Crippen LogP contribution in [0.4, 0.5) is 0 Å². The van der Waals surface area contributed by atoms with Crippen molar-refractivity contribution in [2.75, 3.05) is 26.2 Å². The van der Waals surface area contributed by atoms with Crippen LogP contribution in [0.25, 0.3) is 0 Å². The van der Waals surface area contributed by atoms with E-state index in [1.54, 1.807) is 0 Å². The van der Waals surface area contributed by atoms with Crippen molar-refractivity contribution in [2.45, 2.75) is 39.0 Å². The third-order valence-corrected chi connectivity index (χ3v) is 2.56. The molecule has 1 rings (SSSR count). The Morgan fingerprint density at radius 3 is 2.31 bits per heavy atom. The molecule has 1 aliphatic rings. The standard InChI is InChI=1S/C11H24N2/c1-2-7-12-8-3-9-13-10-6-11-4-5-11/h11-13H,2-10H2,1H3. The molecule has 78 valence electrons. The van der Waals surface area contributed by atoms with Crippen LogP contribution in [0, 0.1) is 5.92 Å². The molecule has 1 saturated carbocycles. The van der Waals surface area contributed by atoms with Gasteiger partial charge in [-0.2, -0.15) is 0 Å². The fourth-order valence-corrected chi connectivity index (χ4v) is 1.48. The maximum atomic E-state index is 3.49. The van der Waals surface area contributed by atoms with E-state index in [1.165, 1.54) is 58.3 Å². The molecule has 0 atom stereocenters. The summed E-state index contributed by atoms with van der Waals surface area (Å²) in [5, 5.41) is 6.90. The molecule has 2 N–H and O–H groups in total. The van der Waals surface area contributed by atoms with Gasteiger partial charge in [-0.05, 0) is 51.4 Å². The second-order valence-corrected chi connectivity index (χ2v) is 4.09. The van der Waals surface area contributed by atoms with Crippen LogP contribution in [-0.4, -0.2) is 26.2 Å². The molecule has 0 bridgehead atoms. The van der Waals surface area contributed by atoms with Gasteiger partial charge in [0.15, 0.2) is 0 Å². The molecule has 0 heterocycles. The average molecular weight is 184 g/mol. The second kappa shape index (κ2) is 7.34. The lowest BCUT2D eigenvalue weighted by Gasteiger charge is -2.04. The second-order valence-electron chi connectivity index (χ2n) is 4.09. The van der Waals surface area contributed by atoms with E-state index in [0.29, 0.717) is 0 Å². The molecule has 2 nitrogen and oxygen atoms in total. The van der Waals surface area contributed by atoms with E-state index in [2.05, 4.69) is 17.6 Å². The molecule has 0 aromatic rings. The van der Waals surface area contributed by atoms with Gasteiger partial charge in [0.25, 0.3) is 0 Å². The molecule has 1 fully saturated rings. The third kappa shape index (κ3) is 7.03. The lowest BCUT2D eigenvalue weighted by molar-refractivity contribution is 0.568. The van der Waals surface area contributed by atoms with Crippen molar-refractivity contribution in [3.05, 3.63) is 0 Å².